The number of rotatable bonds is 7. The summed E-state index contributed by atoms with van der Waals surface area (Å²) in [4.78, 5) is 0. The van der Waals surface area contributed by atoms with Crippen LogP contribution in [0.4, 0.5) is 0 Å². The van der Waals surface area contributed by atoms with Gasteiger partial charge in [0, 0.05) is 16.2 Å². The van der Waals surface area contributed by atoms with Crippen LogP contribution in [-0.2, 0) is 4.74 Å². The first kappa shape index (κ1) is 13.9. The first-order valence-corrected chi connectivity index (χ1v) is 6.49. The molecule has 0 saturated heterocycles. The van der Waals surface area contributed by atoms with E-state index in [0.29, 0.717) is 19.3 Å². The average Bonchev–Trinajstić information content (AvgIpc) is 2.29. The zero-order chi connectivity index (χ0) is 11.8. The van der Waals surface area contributed by atoms with Crippen molar-refractivity contribution in [2.75, 3.05) is 26.4 Å². The van der Waals surface area contributed by atoms with Crippen LogP contribution >= 0.6 is 22.6 Å². The second-order valence-corrected chi connectivity index (χ2v) is 4.81. The molecule has 3 nitrogen and oxygen atoms in total. The molecule has 0 aliphatic carbocycles. The summed E-state index contributed by atoms with van der Waals surface area (Å²) in [5, 5.41) is 11.9. The predicted molar refractivity (Wildman–Crippen MR) is 73.5 cm³/mol. The Kier molecular flexibility index (Phi) is 6.95. The van der Waals surface area contributed by atoms with Crippen molar-refractivity contribution < 1.29 is 9.84 Å². The highest BCUT2D eigenvalue weighted by molar-refractivity contribution is 14.1. The van der Waals surface area contributed by atoms with Gasteiger partial charge in [-0.2, -0.15) is 0 Å². The van der Waals surface area contributed by atoms with Crippen molar-refractivity contribution in [1.82, 2.24) is 5.32 Å². The van der Waals surface area contributed by atoms with Crippen LogP contribution in [0.15, 0.2) is 24.3 Å². The fraction of sp³-hybridized carbons (Fsp3) is 0.500. The Hall–Kier alpha value is -0.170. The zero-order valence-electron chi connectivity index (χ0n) is 9.45. The number of aliphatic hydroxyl groups excluding tert-OH is 1. The van der Waals surface area contributed by atoms with Crippen LogP contribution in [0.1, 0.15) is 18.5 Å². The molecule has 0 fully saturated rings. The maximum atomic E-state index is 8.53. The van der Waals surface area contributed by atoms with Crippen molar-refractivity contribution in [1.29, 1.82) is 0 Å². The fourth-order valence-corrected chi connectivity index (χ4v) is 1.74. The van der Waals surface area contributed by atoms with Gasteiger partial charge in [0.2, 0.25) is 0 Å². The van der Waals surface area contributed by atoms with Gasteiger partial charge in [0.1, 0.15) is 0 Å². The van der Waals surface area contributed by atoms with Gasteiger partial charge in [0.15, 0.2) is 0 Å². The first-order valence-electron chi connectivity index (χ1n) is 5.41. The Bertz CT molecular complexity index is 290. The van der Waals surface area contributed by atoms with E-state index in [1.807, 2.05) is 0 Å². The third kappa shape index (κ3) is 5.25. The lowest BCUT2D eigenvalue weighted by Crippen LogP contribution is -2.23. The summed E-state index contributed by atoms with van der Waals surface area (Å²) in [7, 11) is 0. The third-order valence-electron chi connectivity index (χ3n) is 2.30. The van der Waals surface area contributed by atoms with Gasteiger partial charge in [-0.25, -0.2) is 0 Å². The topological polar surface area (TPSA) is 41.5 Å². The number of hydrogen-bond acceptors (Lipinski definition) is 3. The molecule has 0 spiro atoms. The standard InChI is InChI=1S/C12H18INO2/c1-10(14-6-8-16-9-7-15)11-2-4-12(13)5-3-11/h2-5,10,14-15H,6-9H2,1H3. The van der Waals surface area contributed by atoms with E-state index in [4.69, 9.17) is 9.84 Å². The van der Waals surface area contributed by atoms with Gasteiger partial charge in [0.05, 0.1) is 19.8 Å². The van der Waals surface area contributed by atoms with E-state index in [0.717, 1.165) is 6.54 Å². The molecule has 0 heterocycles. The lowest BCUT2D eigenvalue weighted by molar-refractivity contribution is 0.0928. The van der Waals surface area contributed by atoms with E-state index >= 15 is 0 Å². The summed E-state index contributed by atoms with van der Waals surface area (Å²) >= 11 is 2.30. The van der Waals surface area contributed by atoms with Crippen molar-refractivity contribution in [2.24, 2.45) is 0 Å². The van der Waals surface area contributed by atoms with Crippen LogP contribution in [-0.4, -0.2) is 31.5 Å². The Morgan fingerprint density at radius 1 is 1.31 bits per heavy atom. The minimum Gasteiger partial charge on any atom is -0.394 e. The molecule has 0 radical (unpaired) electrons. The number of aliphatic hydroxyl groups is 1. The van der Waals surface area contributed by atoms with Crippen LogP contribution in [0.2, 0.25) is 0 Å². The Labute approximate surface area is 110 Å². The molecule has 1 unspecified atom stereocenters. The smallest absolute Gasteiger partial charge is 0.0698 e. The molecule has 4 heteroatoms. The Balaban J connectivity index is 2.24. The lowest BCUT2D eigenvalue weighted by atomic mass is 10.1. The van der Waals surface area contributed by atoms with E-state index < -0.39 is 0 Å². The minimum atomic E-state index is 0.0900. The maximum absolute atomic E-state index is 8.53. The SMILES string of the molecule is CC(NCCOCCO)c1ccc(I)cc1. The molecule has 0 aliphatic heterocycles. The minimum absolute atomic E-state index is 0.0900. The summed E-state index contributed by atoms with van der Waals surface area (Å²) in [5.74, 6) is 0. The highest BCUT2D eigenvalue weighted by Crippen LogP contribution is 2.13. The monoisotopic (exact) mass is 335 g/mol. The molecule has 1 rings (SSSR count). The highest BCUT2D eigenvalue weighted by Gasteiger charge is 2.03. The first-order chi connectivity index (χ1) is 7.74. The average molecular weight is 335 g/mol. The number of nitrogens with one attached hydrogen (secondary N) is 1. The Morgan fingerprint density at radius 2 is 2.00 bits per heavy atom. The van der Waals surface area contributed by atoms with E-state index in [1.165, 1.54) is 9.13 Å². The summed E-state index contributed by atoms with van der Waals surface area (Å²) in [5.41, 5.74) is 1.28. The van der Waals surface area contributed by atoms with Gasteiger partial charge in [0.25, 0.3) is 0 Å². The molecule has 0 bridgehead atoms. The third-order valence-corrected chi connectivity index (χ3v) is 3.02. The molecule has 16 heavy (non-hydrogen) atoms. The Morgan fingerprint density at radius 3 is 2.62 bits per heavy atom. The van der Waals surface area contributed by atoms with Crippen molar-refractivity contribution in [3.05, 3.63) is 33.4 Å². The van der Waals surface area contributed by atoms with Gasteiger partial charge < -0.3 is 15.2 Å². The van der Waals surface area contributed by atoms with Crippen molar-refractivity contribution in [2.45, 2.75) is 13.0 Å². The van der Waals surface area contributed by atoms with E-state index in [2.05, 4.69) is 59.1 Å². The summed E-state index contributed by atoms with van der Waals surface area (Å²) in [6, 6.07) is 8.81. The lowest BCUT2D eigenvalue weighted by Gasteiger charge is -2.14. The zero-order valence-corrected chi connectivity index (χ0v) is 11.6. The molecule has 2 N–H and O–H groups in total. The number of benzene rings is 1. The summed E-state index contributed by atoms with van der Waals surface area (Å²) in [6.45, 7) is 4.07. The van der Waals surface area contributed by atoms with Crippen molar-refractivity contribution >= 4 is 22.6 Å². The normalized spacial score (nSPS) is 12.7. The molecule has 0 aliphatic rings. The van der Waals surface area contributed by atoms with Crippen molar-refractivity contribution in [3.63, 3.8) is 0 Å². The molecular formula is C12H18INO2. The van der Waals surface area contributed by atoms with Crippen molar-refractivity contribution in [3.8, 4) is 0 Å². The molecule has 1 atom stereocenters. The largest absolute Gasteiger partial charge is 0.394 e. The van der Waals surface area contributed by atoms with Crippen LogP contribution in [0.3, 0.4) is 0 Å². The van der Waals surface area contributed by atoms with Crippen LogP contribution in [0.5, 0.6) is 0 Å². The van der Waals surface area contributed by atoms with Crippen LogP contribution < -0.4 is 5.32 Å². The van der Waals surface area contributed by atoms with Gasteiger partial charge in [-0.1, -0.05) is 12.1 Å². The van der Waals surface area contributed by atoms with E-state index in [1.54, 1.807) is 0 Å². The number of hydrogen-bond donors (Lipinski definition) is 2. The molecule has 1 aromatic carbocycles. The van der Waals surface area contributed by atoms with E-state index in [-0.39, 0.29) is 6.61 Å². The summed E-state index contributed by atoms with van der Waals surface area (Å²) in [6.07, 6.45) is 0. The molecule has 0 saturated carbocycles. The van der Waals surface area contributed by atoms with E-state index in [9.17, 15) is 0 Å². The molecule has 0 amide bonds. The molecule has 90 valence electrons. The van der Waals surface area contributed by atoms with Gasteiger partial charge in [-0.05, 0) is 47.2 Å². The van der Waals surface area contributed by atoms with Gasteiger partial charge in [-0.3, -0.25) is 0 Å². The molecule has 1 aromatic rings. The maximum Gasteiger partial charge on any atom is 0.0698 e. The summed E-state index contributed by atoms with van der Waals surface area (Å²) < 4.78 is 6.42. The molecular weight excluding hydrogens is 317 g/mol. The van der Waals surface area contributed by atoms with Crippen LogP contribution in [0.25, 0.3) is 0 Å². The highest BCUT2D eigenvalue weighted by atomic mass is 127. The second kappa shape index (κ2) is 8.00. The second-order valence-electron chi connectivity index (χ2n) is 3.56. The number of halogens is 1. The predicted octanol–water partition coefficient (Wildman–Crippen LogP) is 1.95. The number of ether oxygens (including phenoxy) is 1. The van der Waals surface area contributed by atoms with Crippen LogP contribution in [0, 0.1) is 3.57 Å². The molecule has 0 aromatic heterocycles. The quantitative estimate of drug-likeness (QED) is 0.591. The fourth-order valence-electron chi connectivity index (χ4n) is 1.38. The van der Waals surface area contributed by atoms with Gasteiger partial charge in [-0.15, -0.1) is 0 Å². The van der Waals surface area contributed by atoms with Gasteiger partial charge >= 0.3 is 0 Å².